The van der Waals surface area contributed by atoms with Crippen molar-refractivity contribution in [1.82, 2.24) is 20.2 Å². The summed E-state index contributed by atoms with van der Waals surface area (Å²) in [5.74, 6) is 0.373. The Morgan fingerprint density at radius 2 is 1.78 bits per heavy atom. The lowest BCUT2D eigenvalue weighted by atomic mass is 9.99. The van der Waals surface area contributed by atoms with Gasteiger partial charge >= 0.3 is 6.03 Å². The van der Waals surface area contributed by atoms with Gasteiger partial charge in [-0.15, -0.1) is 0 Å². The van der Waals surface area contributed by atoms with Crippen LogP contribution in [-0.4, -0.2) is 40.6 Å². The van der Waals surface area contributed by atoms with Gasteiger partial charge in [-0.2, -0.15) is 0 Å². The van der Waals surface area contributed by atoms with Crippen molar-refractivity contribution in [2.45, 2.75) is 79.4 Å². The first-order valence-corrected chi connectivity index (χ1v) is 14.0. The van der Waals surface area contributed by atoms with Crippen LogP contribution in [0.3, 0.4) is 0 Å². The number of hydrogen-bond acceptors (Lipinski definition) is 3. The second-order valence-corrected chi connectivity index (χ2v) is 10.3. The molecule has 0 bridgehead atoms. The molecule has 2 aliphatic heterocycles. The molecule has 0 radical (unpaired) electrons. The van der Waals surface area contributed by atoms with E-state index in [4.69, 9.17) is 0 Å². The summed E-state index contributed by atoms with van der Waals surface area (Å²) in [7, 11) is 1.84. The molecular weight excluding hydrogens is 456 g/mol. The van der Waals surface area contributed by atoms with Gasteiger partial charge in [0, 0.05) is 30.6 Å². The normalized spacial score (nSPS) is 17.5. The quantitative estimate of drug-likeness (QED) is 0.266. The van der Waals surface area contributed by atoms with E-state index in [0.29, 0.717) is 12.5 Å². The fraction of sp³-hybridized carbons (Fsp3) is 0.469. The first kappa shape index (κ1) is 28.5. The van der Waals surface area contributed by atoms with Gasteiger partial charge in [-0.1, -0.05) is 95.8 Å². The number of fused-ring (bicyclic) bond motifs is 2. The second kappa shape index (κ2) is 13.0. The summed E-state index contributed by atoms with van der Waals surface area (Å²) in [5.41, 5.74) is 9.51. The lowest BCUT2D eigenvalue weighted by Crippen LogP contribution is -2.58. The van der Waals surface area contributed by atoms with Crippen molar-refractivity contribution >= 4 is 16.8 Å². The molecule has 2 amide bonds. The SMILES string of the molecule is C=C(CC)CCCCC1=C2C(=C)N(C)C(=O)N(CC(C)C)C2NN1Cc1cccc2ccccc12.CC. The van der Waals surface area contributed by atoms with Crippen LogP contribution in [0.2, 0.25) is 0 Å². The number of unbranched alkanes of at least 4 members (excludes halogenated alkanes) is 1. The molecule has 0 saturated carbocycles. The highest BCUT2D eigenvalue weighted by atomic mass is 16.2. The third-order valence-corrected chi connectivity index (χ3v) is 7.21. The van der Waals surface area contributed by atoms with E-state index < -0.39 is 0 Å². The van der Waals surface area contributed by atoms with Crippen LogP contribution in [0, 0.1) is 5.92 Å². The second-order valence-electron chi connectivity index (χ2n) is 10.3. The maximum absolute atomic E-state index is 13.2. The molecule has 1 N–H and O–H groups in total. The molecule has 4 rings (SSSR count). The van der Waals surface area contributed by atoms with Crippen LogP contribution in [0.25, 0.3) is 10.8 Å². The number of urea groups is 1. The minimum Gasteiger partial charge on any atom is -0.305 e. The molecule has 2 aromatic carbocycles. The maximum Gasteiger partial charge on any atom is 0.325 e. The minimum atomic E-state index is -0.177. The lowest BCUT2D eigenvalue weighted by Gasteiger charge is -2.41. The highest BCUT2D eigenvalue weighted by Crippen LogP contribution is 2.38. The zero-order valence-corrected chi connectivity index (χ0v) is 23.8. The average Bonchev–Trinajstić information content (AvgIpc) is 3.26. The van der Waals surface area contributed by atoms with Gasteiger partial charge in [0.2, 0.25) is 0 Å². The Kier molecular flexibility index (Phi) is 9.99. The molecule has 2 aromatic rings. The molecule has 0 spiro atoms. The number of benzene rings is 2. The molecule has 5 nitrogen and oxygen atoms in total. The highest BCUT2D eigenvalue weighted by Gasteiger charge is 2.44. The Bertz CT molecular complexity index is 1140. The van der Waals surface area contributed by atoms with E-state index in [0.717, 1.165) is 49.9 Å². The van der Waals surface area contributed by atoms with Crippen LogP contribution in [-0.2, 0) is 6.54 Å². The zero-order valence-electron chi connectivity index (χ0n) is 23.8. The fourth-order valence-corrected chi connectivity index (χ4v) is 5.17. The zero-order chi connectivity index (χ0) is 27.1. The molecule has 0 aromatic heterocycles. The molecule has 2 heterocycles. The maximum atomic E-state index is 13.2. The van der Waals surface area contributed by atoms with Crippen LogP contribution in [0.1, 0.15) is 72.3 Å². The van der Waals surface area contributed by atoms with Gasteiger partial charge in [0.25, 0.3) is 0 Å². The standard InChI is InChI=1S/C30H40N4O.C2H6/c1-7-22(4)13-8-11-18-27-28-23(5)32(6)30(35)33(19-21(2)3)29(28)31-34(27)20-25-16-12-15-24-14-9-10-17-26(24)25;1-2/h9-10,12,14-17,21,29,31H,4-5,7-8,11,13,18-20H2,1-3,6H3;1-2H3. The van der Waals surface area contributed by atoms with Gasteiger partial charge in [0.15, 0.2) is 0 Å². The number of nitrogens with zero attached hydrogens (tertiary/aromatic N) is 3. The highest BCUT2D eigenvalue weighted by molar-refractivity contribution is 5.85. The molecule has 200 valence electrons. The first-order valence-electron chi connectivity index (χ1n) is 14.0. The number of rotatable bonds is 10. The largest absolute Gasteiger partial charge is 0.325 e. The molecule has 1 saturated heterocycles. The lowest BCUT2D eigenvalue weighted by molar-refractivity contribution is 0.104. The Morgan fingerprint density at radius 1 is 1.08 bits per heavy atom. The smallest absolute Gasteiger partial charge is 0.305 e. The van der Waals surface area contributed by atoms with Gasteiger partial charge in [0.05, 0.1) is 6.54 Å². The molecule has 5 heteroatoms. The first-order chi connectivity index (χ1) is 17.8. The van der Waals surface area contributed by atoms with E-state index >= 15 is 0 Å². The van der Waals surface area contributed by atoms with E-state index in [1.54, 1.807) is 4.90 Å². The number of allylic oxidation sites excluding steroid dienone is 2. The van der Waals surface area contributed by atoms with Crippen molar-refractivity contribution in [2.75, 3.05) is 13.6 Å². The van der Waals surface area contributed by atoms with Gasteiger partial charge in [-0.05, 0) is 54.4 Å². The summed E-state index contributed by atoms with van der Waals surface area (Å²) in [4.78, 5) is 16.9. The van der Waals surface area contributed by atoms with Crippen molar-refractivity contribution in [1.29, 1.82) is 0 Å². The minimum absolute atomic E-state index is 0.00977. The number of hydrazine groups is 1. The molecule has 2 aliphatic rings. The Labute approximate surface area is 224 Å². The van der Waals surface area contributed by atoms with Crippen molar-refractivity contribution in [3.63, 3.8) is 0 Å². The van der Waals surface area contributed by atoms with Crippen molar-refractivity contribution in [3.05, 3.63) is 83.7 Å². The Hall–Kier alpha value is -3.05. The molecule has 1 fully saturated rings. The van der Waals surface area contributed by atoms with E-state index in [9.17, 15) is 4.79 Å². The van der Waals surface area contributed by atoms with Crippen LogP contribution in [0.5, 0.6) is 0 Å². The predicted octanol–water partition coefficient (Wildman–Crippen LogP) is 7.83. The van der Waals surface area contributed by atoms with Gasteiger partial charge < -0.3 is 9.91 Å². The monoisotopic (exact) mass is 502 g/mol. The topological polar surface area (TPSA) is 38.8 Å². The molecule has 1 atom stereocenters. The summed E-state index contributed by atoms with van der Waals surface area (Å²) in [6.45, 7) is 20.4. The van der Waals surface area contributed by atoms with Gasteiger partial charge in [-0.25, -0.2) is 10.2 Å². The number of carbonyl (C=O) groups excluding carboxylic acids is 1. The summed E-state index contributed by atoms with van der Waals surface area (Å²) in [6, 6.07) is 15.0. The fourth-order valence-electron chi connectivity index (χ4n) is 5.17. The van der Waals surface area contributed by atoms with Gasteiger partial charge in [-0.3, -0.25) is 4.90 Å². The molecular formula is C32H46N4O. The number of hydrogen-bond donors (Lipinski definition) is 1. The van der Waals surface area contributed by atoms with E-state index in [2.05, 4.69) is 86.8 Å². The molecule has 37 heavy (non-hydrogen) atoms. The van der Waals surface area contributed by atoms with Crippen molar-refractivity contribution in [2.24, 2.45) is 5.92 Å². The van der Waals surface area contributed by atoms with Crippen LogP contribution >= 0.6 is 0 Å². The number of carbonyl (C=O) groups is 1. The number of nitrogens with one attached hydrogen (secondary N) is 1. The van der Waals surface area contributed by atoms with E-state index in [1.165, 1.54) is 27.6 Å². The molecule has 0 aliphatic carbocycles. The van der Waals surface area contributed by atoms with Gasteiger partial charge in [0.1, 0.15) is 6.17 Å². The third-order valence-electron chi connectivity index (χ3n) is 7.21. The van der Waals surface area contributed by atoms with E-state index in [1.807, 2.05) is 25.8 Å². The number of amides is 2. The molecule has 1 unspecified atom stereocenters. The van der Waals surface area contributed by atoms with Crippen LogP contribution in [0.4, 0.5) is 4.79 Å². The van der Waals surface area contributed by atoms with Crippen molar-refractivity contribution < 1.29 is 4.79 Å². The summed E-state index contributed by atoms with van der Waals surface area (Å²) < 4.78 is 0. The predicted molar refractivity (Wildman–Crippen MR) is 157 cm³/mol. The van der Waals surface area contributed by atoms with Crippen LogP contribution < -0.4 is 5.43 Å². The summed E-state index contributed by atoms with van der Waals surface area (Å²) in [6.07, 6.45) is 5.07. The summed E-state index contributed by atoms with van der Waals surface area (Å²) >= 11 is 0. The van der Waals surface area contributed by atoms with Crippen molar-refractivity contribution in [3.8, 4) is 0 Å². The van der Waals surface area contributed by atoms with E-state index in [-0.39, 0.29) is 12.2 Å². The summed E-state index contributed by atoms with van der Waals surface area (Å²) in [5, 5.41) is 4.79. The third kappa shape index (κ3) is 6.27. The van der Waals surface area contributed by atoms with Crippen LogP contribution in [0.15, 0.2) is 78.2 Å². The Balaban J connectivity index is 0.00000186. The average molecular weight is 503 g/mol. The number of likely N-dealkylation sites (N-methyl/N-ethyl adjacent to an activating group) is 1. The Morgan fingerprint density at radius 3 is 2.49 bits per heavy atom.